The van der Waals surface area contributed by atoms with Crippen LogP contribution in [-0.4, -0.2) is 18.6 Å². The van der Waals surface area contributed by atoms with E-state index in [-0.39, 0.29) is 5.56 Å². The van der Waals surface area contributed by atoms with Gasteiger partial charge in [0.2, 0.25) is 0 Å². The number of fused-ring (bicyclic) bond motifs is 1. The van der Waals surface area contributed by atoms with E-state index in [4.69, 9.17) is 4.74 Å². The molecule has 0 saturated heterocycles. The highest BCUT2D eigenvalue weighted by atomic mass is 16.5. The van der Waals surface area contributed by atoms with Crippen LogP contribution >= 0.6 is 0 Å². The first-order valence-electron chi connectivity index (χ1n) is 9.07. The Hall–Kier alpha value is -2.59. The van der Waals surface area contributed by atoms with E-state index >= 15 is 0 Å². The molecule has 2 N–H and O–H groups in total. The van der Waals surface area contributed by atoms with Crippen LogP contribution in [-0.2, 0) is 13.0 Å². The Labute approximate surface area is 154 Å². The van der Waals surface area contributed by atoms with Crippen LogP contribution < -0.4 is 15.6 Å². The van der Waals surface area contributed by atoms with Gasteiger partial charge in [0.15, 0.2) is 0 Å². The number of aromatic nitrogens is 1. The van der Waals surface area contributed by atoms with E-state index in [1.807, 2.05) is 18.2 Å². The van der Waals surface area contributed by atoms with Crippen LogP contribution in [0, 0.1) is 0 Å². The molecular formula is C22H26N2O2. The standard InChI is InChI=1S/C22H26N2O2/c1-15(2)20-6-4-5-17-13-18(22(25)24-21(17)20)14-23-12-11-16-7-9-19(26-3)10-8-16/h4-10,13,15,23H,11-12,14H2,1-3H3,(H,24,25). The maximum absolute atomic E-state index is 12.4. The van der Waals surface area contributed by atoms with Crippen molar-refractivity contribution in [3.05, 3.63) is 75.6 Å². The molecule has 0 spiro atoms. The van der Waals surface area contributed by atoms with Crippen molar-refractivity contribution in [1.82, 2.24) is 10.3 Å². The third-order valence-electron chi connectivity index (χ3n) is 4.68. The predicted molar refractivity (Wildman–Crippen MR) is 107 cm³/mol. The second kappa shape index (κ2) is 8.19. The Morgan fingerprint density at radius 1 is 1.12 bits per heavy atom. The number of ether oxygens (including phenoxy) is 1. The van der Waals surface area contributed by atoms with Gasteiger partial charge in [-0.2, -0.15) is 0 Å². The van der Waals surface area contributed by atoms with Gasteiger partial charge >= 0.3 is 0 Å². The van der Waals surface area contributed by atoms with E-state index in [1.54, 1.807) is 7.11 Å². The van der Waals surface area contributed by atoms with Crippen LogP contribution in [0.25, 0.3) is 10.9 Å². The Balaban J connectivity index is 1.65. The second-order valence-corrected chi connectivity index (χ2v) is 6.86. The van der Waals surface area contributed by atoms with Crippen molar-refractivity contribution < 1.29 is 4.74 Å². The summed E-state index contributed by atoms with van der Waals surface area (Å²) in [6.07, 6.45) is 0.910. The normalized spacial score (nSPS) is 11.2. The number of pyridine rings is 1. The number of nitrogens with one attached hydrogen (secondary N) is 2. The molecule has 0 atom stereocenters. The molecule has 4 heteroatoms. The lowest BCUT2D eigenvalue weighted by molar-refractivity contribution is 0.414. The number of hydrogen-bond donors (Lipinski definition) is 2. The fourth-order valence-electron chi connectivity index (χ4n) is 3.16. The maximum Gasteiger partial charge on any atom is 0.252 e. The summed E-state index contributed by atoms with van der Waals surface area (Å²) in [6.45, 7) is 5.66. The zero-order chi connectivity index (χ0) is 18.5. The van der Waals surface area contributed by atoms with Crippen molar-refractivity contribution >= 4 is 10.9 Å². The topological polar surface area (TPSA) is 54.1 Å². The lowest BCUT2D eigenvalue weighted by Gasteiger charge is -2.11. The highest BCUT2D eigenvalue weighted by molar-refractivity contribution is 5.82. The summed E-state index contributed by atoms with van der Waals surface area (Å²) in [7, 11) is 1.67. The quantitative estimate of drug-likeness (QED) is 0.634. The van der Waals surface area contributed by atoms with Crippen molar-refractivity contribution in [2.45, 2.75) is 32.7 Å². The fraction of sp³-hybridized carbons (Fsp3) is 0.318. The van der Waals surface area contributed by atoms with Gasteiger partial charge in [0.25, 0.3) is 5.56 Å². The van der Waals surface area contributed by atoms with E-state index in [1.165, 1.54) is 11.1 Å². The smallest absolute Gasteiger partial charge is 0.252 e. The number of para-hydroxylation sites is 1. The molecule has 4 nitrogen and oxygen atoms in total. The monoisotopic (exact) mass is 350 g/mol. The van der Waals surface area contributed by atoms with Crippen LogP contribution in [0.1, 0.15) is 36.5 Å². The molecule has 0 bridgehead atoms. The Morgan fingerprint density at radius 2 is 1.88 bits per heavy atom. The van der Waals surface area contributed by atoms with Gasteiger partial charge in [0.1, 0.15) is 5.75 Å². The van der Waals surface area contributed by atoms with E-state index in [0.717, 1.165) is 35.2 Å². The first-order chi connectivity index (χ1) is 12.6. The van der Waals surface area contributed by atoms with E-state index in [9.17, 15) is 4.79 Å². The number of aromatic amines is 1. The van der Waals surface area contributed by atoms with Crippen LogP contribution in [0.2, 0.25) is 0 Å². The first kappa shape index (κ1) is 18.2. The predicted octanol–water partition coefficient (Wildman–Crippen LogP) is 3.99. The summed E-state index contributed by atoms with van der Waals surface area (Å²) in [5, 5.41) is 4.46. The Bertz CT molecular complexity index is 927. The highest BCUT2D eigenvalue weighted by Gasteiger charge is 2.08. The molecule has 0 aliphatic carbocycles. The molecule has 0 aliphatic heterocycles. The van der Waals surface area contributed by atoms with Gasteiger partial charge in [-0.25, -0.2) is 0 Å². The number of hydrogen-bond acceptors (Lipinski definition) is 3. The molecule has 3 aromatic rings. The van der Waals surface area contributed by atoms with Gasteiger partial charge in [0.05, 0.1) is 12.6 Å². The summed E-state index contributed by atoms with van der Waals surface area (Å²) in [5.74, 6) is 1.24. The first-order valence-corrected chi connectivity index (χ1v) is 9.07. The molecule has 2 aromatic carbocycles. The third-order valence-corrected chi connectivity index (χ3v) is 4.68. The van der Waals surface area contributed by atoms with Crippen LogP contribution in [0.15, 0.2) is 53.3 Å². The summed E-state index contributed by atoms with van der Waals surface area (Å²) < 4.78 is 5.17. The lowest BCUT2D eigenvalue weighted by Crippen LogP contribution is -2.23. The molecule has 1 heterocycles. The number of methoxy groups -OCH3 is 1. The molecule has 0 aliphatic rings. The van der Waals surface area contributed by atoms with Gasteiger partial charge in [-0.15, -0.1) is 0 Å². The van der Waals surface area contributed by atoms with E-state index < -0.39 is 0 Å². The lowest BCUT2D eigenvalue weighted by atomic mass is 9.99. The number of rotatable bonds is 7. The van der Waals surface area contributed by atoms with Gasteiger partial charge in [-0.05, 0) is 53.6 Å². The Kier molecular flexibility index (Phi) is 5.74. The molecule has 26 heavy (non-hydrogen) atoms. The summed E-state index contributed by atoms with van der Waals surface area (Å²) >= 11 is 0. The molecule has 0 amide bonds. The van der Waals surface area contributed by atoms with Crippen molar-refractivity contribution in [2.24, 2.45) is 0 Å². The Morgan fingerprint density at radius 3 is 2.58 bits per heavy atom. The van der Waals surface area contributed by atoms with Gasteiger partial charge in [0, 0.05) is 12.1 Å². The van der Waals surface area contributed by atoms with Gasteiger partial charge in [-0.1, -0.05) is 44.2 Å². The van der Waals surface area contributed by atoms with Crippen LogP contribution in [0.3, 0.4) is 0 Å². The molecule has 0 fully saturated rings. The molecule has 0 unspecified atom stereocenters. The maximum atomic E-state index is 12.4. The van der Waals surface area contributed by atoms with Crippen molar-refractivity contribution in [3.8, 4) is 5.75 Å². The molecule has 0 saturated carbocycles. The largest absolute Gasteiger partial charge is 0.497 e. The summed E-state index contributed by atoms with van der Waals surface area (Å²) in [5.41, 5.74) is 4.14. The summed E-state index contributed by atoms with van der Waals surface area (Å²) in [4.78, 5) is 15.5. The SMILES string of the molecule is COc1ccc(CCNCc2cc3cccc(C(C)C)c3[nH]c2=O)cc1. The number of benzene rings is 2. The van der Waals surface area contributed by atoms with Crippen molar-refractivity contribution in [2.75, 3.05) is 13.7 Å². The molecule has 0 radical (unpaired) electrons. The zero-order valence-corrected chi connectivity index (χ0v) is 15.6. The second-order valence-electron chi connectivity index (χ2n) is 6.86. The average molecular weight is 350 g/mol. The minimum absolute atomic E-state index is 0.0115. The minimum Gasteiger partial charge on any atom is -0.497 e. The van der Waals surface area contributed by atoms with Crippen molar-refractivity contribution in [3.63, 3.8) is 0 Å². The zero-order valence-electron chi connectivity index (χ0n) is 15.6. The third kappa shape index (κ3) is 4.14. The molecule has 3 rings (SSSR count). The molecule has 1 aromatic heterocycles. The van der Waals surface area contributed by atoms with Gasteiger partial charge < -0.3 is 15.0 Å². The van der Waals surface area contributed by atoms with E-state index in [0.29, 0.717) is 12.5 Å². The van der Waals surface area contributed by atoms with Gasteiger partial charge in [-0.3, -0.25) is 4.79 Å². The number of H-pyrrole nitrogens is 1. The fourth-order valence-corrected chi connectivity index (χ4v) is 3.16. The van der Waals surface area contributed by atoms with Crippen molar-refractivity contribution in [1.29, 1.82) is 0 Å². The summed E-state index contributed by atoms with van der Waals surface area (Å²) in [6, 6.07) is 16.3. The average Bonchev–Trinajstić information content (AvgIpc) is 2.65. The van der Waals surface area contributed by atoms with Crippen LogP contribution in [0.4, 0.5) is 0 Å². The minimum atomic E-state index is -0.0115. The molecular weight excluding hydrogens is 324 g/mol. The van der Waals surface area contributed by atoms with E-state index in [2.05, 4.69) is 54.5 Å². The highest BCUT2D eigenvalue weighted by Crippen LogP contribution is 2.23. The van der Waals surface area contributed by atoms with Crippen LogP contribution in [0.5, 0.6) is 5.75 Å². The molecule has 136 valence electrons.